The number of nitrogens with zero attached hydrogens (tertiary/aromatic N) is 4. The van der Waals surface area contributed by atoms with Crippen LogP contribution in [0.5, 0.6) is 0 Å². The van der Waals surface area contributed by atoms with E-state index < -0.39 is 0 Å². The molecule has 26 heavy (non-hydrogen) atoms. The minimum atomic E-state index is -0.238. The van der Waals surface area contributed by atoms with Crippen molar-refractivity contribution >= 4 is 0 Å². The van der Waals surface area contributed by atoms with Crippen LogP contribution in [0, 0.1) is 5.82 Å². The maximum Gasteiger partial charge on any atom is 0.123 e. The zero-order valence-electron chi connectivity index (χ0n) is 15.2. The summed E-state index contributed by atoms with van der Waals surface area (Å²) in [7, 11) is 4.10. The van der Waals surface area contributed by atoms with Crippen molar-refractivity contribution in [1.82, 2.24) is 25.2 Å². The Morgan fingerprint density at radius 3 is 2.42 bits per heavy atom. The quantitative estimate of drug-likeness (QED) is 0.633. The summed E-state index contributed by atoms with van der Waals surface area (Å²) in [6, 6.07) is 16.5. The van der Waals surface area contributed by atoms with E-state index in [-0.39, 0.29) is 5.82 Å². The Hall–Kier alpha value is -2.57. The van der Waals surface area contributed by atoms with Crippen LogP contribution < -0.4 is 5.32 Å². The van der Waals surface area contributed by atoms with Crippen LogP contribution in [0.4, 0.5) is 4.39 Å². The average Bonchev–Trinajstić information content (AvgIpc) is 3.04. The predicted molar refractivity (Wildman–Crippen MR) is 101 cm³/mol. The van der Waals surface area contributed by atoms with Gasteiger partial charge in [0.15, 0.2) is 0 Å². The van der Waals surface area contributed by atoms with Gasteiger partial charge >= 0.3 is 0 Å². The molecule has 0 spiro atoms. The summed E-state index contributed by atoms with van der Waals surface area (Å²) in [6.45, 7) is 3.01. The van der Waals surface area contributed by atoms with Crippen molar-refractivity contribution < 1.29 is 4.39 Å². The topological polar surface area (TPSA) is 46.0 Å². The molecule has 0 radical (unpaired) electrons. The van der Waals surface area contributed by atoms with Gasteiger partial charge in [0.25, 0.3) is 0 Å². The second-order valence-corrected chi connectivity index (χ2v) is 6.50. The highest BCUT2D eigenvalue weighted by molar-refractivity contribution is 5.60. The Morgan fingerprint density at radius 1 is 1.00 bits per heavy atom. The molecule has 5 nitrogen and oxygen atoms in total. The Balaban J connectivity index is 1.79. The largest absolute Gasteiger partial charge is 0.310 e. The first kappa shape index (κ1) is 18.2. The molecular weight excluding hydrogens is 329 g/mol. The van der Waals surface area contributed by atoms with Crippen molar-refractivity contribution in [2.24, 2.45) is 0 Å². The summed E-state index contributed by atoms with van der Waals surface area (Å²) in [6.07, 6.45) is 0. The van der Waals surface area contributed by atoms with Crippen molar-refractivity contribution in [3.05, 3.63) is 71.7 Å². The maximum atomic E-state index is 13.1. The summed E-state index contributed by atoms with van der Waals surface area (Å²) < 4.78 is 13.1. The van der Waals surface area contributed by atoms with E-state index in [0.29, 0.717) is 13.1 Å². The Labute approximate surface area is 153 Å². The molecule has 1 aromatic heterocycles. The fourth-order valence-electron chi connectivity index (χ4n) is 2.65. The SMILES string of the molecule is CN(C)CCNCc1nn(Cc2ccc(F)cc2)nc1-c1ccccc1. The van der Waals surface area contributed by atoms with E-state index in [2.05, 4.69) is 34.5 Å². The molecule has 0 aliphatic carbocycles. The van der Waals surface area contributed by atoms with Gasteiger partial charge in [-0.05, 0) is 31.8 Å². The van der Waals surface area contributed by atoms with E-state index in [9.17, 15) is 4.39 Å². The molecule has 1 heterocycles. The minimum absolute atomic E-state index is 0.238. The molecule has 2 aromatic carbocycles. The van der Waals surface area contributed by atoms with Gasteiger partial charge in [0, 0.05) is 25.2 Å². The van der Waals surface area contributed by atoms with E-state index in [1.165, 1.54) is 12.1 Å². The number of aromatic nitrogens is 3. The monoisotopic (exact) mass is 353 g/mol. The number of likely N-dealkylation sites (N-methyl/N-ethyl adjacent to an activating group) is 1. The smallest absolute Gasteiger partial charge is 0.123 e. The zero-order chi connectivity index (χ0) is 18.4. The van der Waals surface area contributed by atoms with Gasteiger partial charge in [0.2, 0.25) is 0 Å². The molecule has 0 amide bonds. The molecule has 1 N–H and O–H groups in total. The average molecular weight is 353 g/mol. The van der Waals surface area contributed by atoms with Crippen molar-refractivity contribution in [1.29, 1.82) is 0 Å². The summed E-state index contributed by atoms with van der Waals surface area (Å²) >= 11 is 0. The van der Waals surface area contributed by atoms with Gasteiger partial charge in [-0.25, -0.2) is 4.39 Å². The lowest BCUT2D eigenvalue weighted by molar-refractivity contribution is 0.399. The number of halogens is 1. The summed E-state index contributed by atoms with van der Waals surface area (Å²) in [5.74, 6) is -0.238. The third-order valence-corrected chi connectivity index (χ3v) is 4.04. The Morgan fingerprint density at radius 2 is 1.73 bits per heavy atom. The van der Waals surface area contributed by atoms with Gasteiger partial charge in [-0.3, -0.25) is 0 Å². The number of hydrogen-bond donors (Lipinski definition) is 1. The first-order valence-electron chi connectivity index (χ1n) is 8.71. The Bertz CT molecular complexity index is 812. The van der Waals surface area contributed by atoms with Crippen LogP contribution in [0.2, 0.25) is 0 Å². The Kier molecular flexibility index (Phi) is 6.09. The highest BCUT2D eigenvalue weighted by Crippen LogP contribution is 2.20. The lowest BCUT2D eigenvalue weighted by Crippen LogP contribution is -2.26. The number of rotatable bonds is 8. The highest BCUT2D eigenvalue weighted by atomic mass is 19.1. The standard InChI is InChI=1S/C20H24FN5/c1-25(2)13-12-22-14-19-20(17-6-4-3-5-7-17)24-26(23-19)15-16-8-10-18(21)11-9-16/h3-11,22H,12-15H2,1-2H3. The van der Waals surface area contributed by atoms with E-state index >= 15 is 0 Å². The van der Waals surface area contributed by atoms with Crippen LogP contribution in [0.3, 0.4) is 0 Å². The van der Waals surface area contributed by atoms with E-state index in [1.54, 1.807) is 16.9 Å². The van der Waals surface area contributed by atoms with Crippen molar-refractivity contribution in [3.63, 3.8) is 0 Å². The fraction of sp³-hybridized carbons (Fsp3) is 0.300. The third kappa shape index (κ3) is 4.97. The van der Waals surface area contributed by atoms with E-state index in [1.807, 2.05) is 30.3 Å². The first-order chi connectivity index (χ1) is 12.6. The maximum absolute atomic E-state index is 13.1. The van der Waals surface area contributed by atoms with E-state index in [4.69, 9.17) is 0 Å². The zero-order valence-corrected chi connectivity index (χ0v) is 15.2. The molecule has 0 aliphatic rings. The lowest BCUT2D eigenvalue weighted by Gasteiger charge is -2.09. The molecule has 0 saturated carbocycles. The van der Waals surface area contributed by atoms with Crippen LogP contribution in [0.25, 0.3) is 11.3 Å². The minimum Gasteiger partial charge on any atom is -0.310 e. The normalized spacial score (nSPS) is 11.2. The number of benzene rings is 2. The number of hydrogen-bond acceptors (Lipinski definition) is 4. The molecular formula is C20H24FN5. The molecule has 136 valence electrons. The van der Waals surface area contributed by atoms with Gasteiger partial charge in [0.05, 0.1) is 6.54 Å². The van der Waals surface area contributed by atoms with Crippen molar-refractivity contribution in [3.8, 4) is 11.3 Å². The van der Waals surface area contributed by atoms with Gasteiger partial charge in [-0.1, -0.05) is 42.5 Å². The molecule has 0 atom stereocenters. The lowest BCUT2D eigenvalue weighted by atomic mass is 10.1. The van der Waals surface area contributed by atoms with Crippen LogP contribution in [-0.2, 0) is 13.1 Å². The molecule has 0 bridgehead atoms. The van der Waals surface area contributed by atoms with Gasteiger partial charge < -0.3 is 10.2 Å². The highest BCUT2D eigenvalue weighted by Gasteiger charge is 2.13. The third-order valence-electron chi connectivity index (χ3n) is 4.04. The van der Waals surface area contributed by atoms with Gasteiger partial charge in [-0.2, -0.15) is 15.0 Å². The first-order valence-corrected chi connectivity index (χ1v) is 8.71. The summed E-state index contributed by atoms with van der Waals surface area (Å²) in [5, 5.41) is 12.8. The second-order valence-electron chi connectivity index (χ2n) is 6.50. The van der Waals surface area contributed by atoms with Crippen LogP contribution in [0.15, 0.2) is 54.6 Å². The summed E-state index contributed by atoms with van der Waals surface area (Å²) in [5.41, 5.74) is 3.80. The summed E-state index contributed by atoms with van der Waals surface area (Å²) in [4.78, 5) is 3.81. The second kappa shape index (κ2) is 8.69. The molecule has 3 aromatic rings. The van der Waals surface area contributed by atoms with Crippen molar-refractivity contribution in [2.75, 3.05) is 27.2 Å². The molecule has 0 fully saturated rings. The molecule has 3 rings (SSSR count). The van der Waals surface area contributed by atoms with E-state index in [0.717, 1.165) is 35.6 Å². The molecule has 0 aliphatic heterocycles. The van der Waals surface area contributed by atoms with Crippen LogP contribution in [0.1, 0.15) is 11.3 Å². The molecule has 6 heteroatoms. The van der Waals surface area contributed by atoms with Gasteiger partial charge in [0.1, 0.15) is 17.2 Å². The molecule has 0 unspecified atom stereocenters. The molecule has 0 saturated heterocycles. The number of nitrogens with one attached hydrogen (secondary N) is 1. The van der Waals surface area contributed by atoms with Crippen LogP contribution >= 0.6 is 0 Å². The predicted octanol–water partition coefficient (Wildman–Crippen LogP) is 2.78. The fourth-order valence-corrected chi connectivity index (χ4v) is 2.65. The van der Waals surface area contributed by atoms with Crippen molar-refractivity contribution in [2.45, 2.75) is 13.1 Å². The van der Waals surface area contributed by atoms with Crippen LogP contribution in [-0.4, -0.2) is 47.1 Å². The van der Waals surface area contributed by atoms with Gasteiger partial charge in [-0.15, -0.1) is 0 Å².